The summed E-state index contributed by atoms with van der Waals surface area (Å²) in [6, 6.07) is 13.0. The minimum Gasteiger partial charge on any atom is -0.497 e. The van der Waals surface area contributed by atoms with E-state index in [2.05, 4.69) is 29.4 Å². The highest BCUT2D eigenvalue weighted by molar-refractivity contribution is 5.79. The fourth-order valence-corrected chi connectivity index (χ4v) is 2.75. The number of methoxy groups -OCH3 is 1. The Bertz CT molecular complexity index is 855. The molecule has 1 aromatic carbocycles. The van der Waals surface area contributed by atoms with Gasteiger partial charge in [-0.1, -0.05) is 32.0 Å². The fourth-order valence-electron chi connectivity index (χ4n) is 2.75. The molecule has 1 atom stereocenters. The lowest BCUT2D eigenvalue weighted by molar-refractivity contribution is -0.121. The molecule has 25 heavy (non-hydrogen) atoms. The van der Waals surface area contributed by atoms with Crippen molar-refractivity contribution in [1.82, 2.24) is 19.9 Å². The van der Waals surface area contributed by atoms with Gasteiger partial charge in [0.2, 0.25) is 5.91 Å². The molecule has 2 heterocycles. The summed E-state index contributed by atoms with van der Waals surface area (Å²) in [5.41, 5.74) is 1.71. The van der Waals surface area contributed by atoms with Crippen LogP contribution in [0.3, 0.4) is 0 Å². The number of hydrogen-bond donors (Lipinski definition) is 1. The lowest BCUT2D eigenvalue weighted by Gasteiger charge is -2.21. The minimum absolute atomic E-state index is 0.0449. The first-order valence-corrected chi connectivity index (χ1v) is 8.30. The molecule has 2 aromatic heterocycles. The number of hydrogen-bond acceptors (Lipinski definition) is 4. The second-order valence-corrected chi connectivity index (χ2v) is 6.30. The van der Waals surface area contributed by atoms with Crippen LogP contribution < -0.4 is 10.1 Å². The number of amides is 1. The Hall–Kier alpha value is -2.89. The van der Waals surface area contributed by atoms with Crippen LogP contribution in [-0.2, 0) is 11.2 Å². The number of aromatic nitrogens is 3. The molecular formula is C19H22N4O2. The van der Waals surface area contributed by atoms with E-state index in [9.17, 15) is 4.79 Å². The molecular weight excluding hydrogens is 316 g/mol. The Labute approximate surface area is 146 Å². The van der Waals surface area contributed by atoms with Crippen molar-refractivity contribution in [2.45, 2.75) is 26.3 Å². The van der Waals surface area contributed by atoms with Gasteiger partial charge in [0.1, 0.15) is 5.75 Å². The summed E-state index contributed by atoms with van der Waals surface area (Å²) in [7, 11) is 1.62. The van der Waals surface area contributed by atoms with E-state index in [-0.39, 0.29) is 17.9 Å². The molecule has 0 saturated heterocycles. The summed E-state index contributed by atoms with van der Waals surface area (Å²) in [4.78, 5) is 12.5. The standard InChI is InChI=1S/C19H22N4O2/c1-13(2)18(19-22-21-16-6-4-5-11-23(16)19)20-17(24)12-14-7-9-15(25-3)10-8-14/h4-11,13,18H,12H2,1-3H3,(H,20,24)/t18-/m1/s1. The van der Waals surface area contributed by atoms with Gasteiger partial charge in [-0.15, -0.1) is 10.2 Å². The van der Waals surface area contributed by atoms with Gasteiger partial charge in [-0.05, 0) is 35.7 Å². The van der Waals surface area contributed by atoms with E-state index in [1.807, 2.05) is 53.1 Å². The summed E-state index contributed by atoms with van der Waals surface area (Å²) in [6.07, 6.45) is 2.22. The molecule has 0 aliphatic rings. The summed E-state index contributed by atoms with van der Waals surface area (Å²) in [5, 5.41) is 11.6. The SMILES string of the molecule is COc1ccc(CC(=O)N[C@@H](c2nnc3ccccn23)C(C)C)cc1. The van der Waals surface area contributed by atoms with Crippen LogP contribution in [0.4, 0.5) is 0 Å². The van der Waals surface area contributed by atoms with Crippen LogP contribution in [0.15, 0.2) is 48.7 Å². The van der Waals surface area contributed by atoms with Gasteiger partial charge in [-0.25, -0.2) is 0 Å². The summed E-state index contributed by atoms with van der Waals surface area (Å²) in [5.74, 6) is 1.66. The predicted octanol–water partition coefficient (Wildman–Crippen LogP) is 2.79. The van der Waals surface area contributed by atoms with Crippen LogP contribution in [0, 0.1) is 5.92 Å². The Morgan fingerprint density at radius 3 is 2.60 bits per heavy atom. The second kappa shape index (κ2) is 7.34. The monoisotopic (exact) mass is 338 g/mol. The maximum Gasteiger partial charge on any atom is 0.225 e. The smallest absolute Gasteiger partial charge is 0.225 e. The van der Waals surface area contributed by atoms with E-state index in [1.54, 1.807) is 7.11 Å². The van der Waals surface area contributed by atoms with Gasteiger partial charge in [0, 0.05) is 6.20 Å². The van der Waals surface area contributed by atoms with Gasteiger partial charge in [-0.3, -0.25) is 9.20 Å². The highest BCUT2D eigenvalue weighted by atomic mass is 16.5. The number of nitrogens with one attached hydrogen (secondary N) is 1. The number of pyridine rings is 1. The molecule has 0 aliphatic heterocycles. The number of rotatable bonds is 6. The first kappa shape index (κ1) is 17.0. The van der Waals surface area contributed by atoms with Crippen molar-refractivity contribution in [3.63, 3.8) is 0 Å². The second-order valence-electron chi connectivity index (χ2n) is 6.30. The molecule has 0 fully saturated rings. The zero-order valence-electron chi connectivity index (χ0n) is 14.6. The van der Waals surface area contributed by atoms with E-state index in [0.717, 1.165) is 22.8 Å². The molecule has 3 aromatic rings. The quantitative estimate of drug-likeness (QED) is 0.750. The topological polar surface area (TPSA) is 68.5 Å². The largest absolute Gasteiger partial charge is 0.497 e. The Kier molecular flexibility index (Phi) is 4.97. The van der Waals surface area contributed by atoms with E-state index in [4.69, 9.17) is 4.74 Å². The van der Waals surface area contributed by atoms with Gasteiger partial charge < -0.3 is 10.1 Å². The summed E-state index contributed by atoms with van der Waals surface area (Å²) >= 11 is 0. The van der Waals surface area contributed by atoms with Crippen LogP contribution in [0.25, 0.3) is 5.65 Å². The molecule has 0 bridgehead atoms. The number of carbonyl (C=O) groups is 1. The third-order valence-corrected chi connectivity index (χ3v) is 4.13. The average molecular weight is 338 g/mol. The molecule has 0 radical (unpaired) electrons. The molecule has 3 rings (SSSR count). The van der Waals surface area contributed by atoms with Crippen molar-refractivity contribution in [1.29, 1.82) is 0 Å². The average Bonchev–Trinajstić information content (AvgIpc) is 3.04. The van der Waals surface area contributed by atoms with E-state index in [1.165, 1.54) is 0 Å². The van der Waals surface area contributed by atoms with Crippen molar-refractivity contribution >= 4 is 11.6 Å². The van der Waals surface area contributed by atoms with Crippen LogP contribution in [0.1, 0.15) is 31.3 Å². The predicted molar refractivity (Wildman–Crippen MR) is 95.4 cm³/mol. The first-order chi connectivity index (χ1) is 12.1. The van der Waals surface area contributed by atoms with Gasteiger partial charge in [0.15, 0.2) is 11.5 Å². The van der Waals surface area contributed by atoms with E-state index in [0.29, 0.717) is 6.42 Å². The van der Waals surface area contributed by atoms with Gasteiger partial charge in [0.25, 0.3) is 0 Å². The Balaban J connectivity index is 1.76. The van der Waals surface area contributed by atoms with Crippen molar-refractivity contribution in [2.24, 2.45) is 5.92 Å². The minimum atomic E-state index is -0.205. The third-order valence-electron chi connectivity index (χ3n) is 4.13. The third kappa shape index (κ3) is 3.79. The molecule has 0 spiro atoms. The number of ether oxygens (including phenoxy) is 1. The Morgan fingerprint density at radius 2 is 1.92 bits per heavy atom. The molecule has 130 valence electrons. The van der Waals surface area contributed by atoms with Crippen molar-refractivity contribution in [3.8, 4) is 5.75 Å². The van der Waals surface area contributed by atoms with Crippen LogP contribution in [0.5, 0.6) is 5.75 Å². The molecule has 0 saturated carbocycles. The zero-order valence-corrected chi connectivity index (χ0v) is 14.6. The Morgan fingerprint density at radius 1 is 1.16 bits per heavy atom. The maximum atomic E-state index is 12.5. The fraction of sp³-hybridized carbons (Fsp3) is 0.316. The molecule has 6 heteroatoms. The van der Waals surface area contributed by atoms with Gasteiger partial charge in [-0.2, -0.15) is 0 Å². The molecule has 0 unspecified atom stereocenters. The summed E-state index contributed by atoms with van der Waals surface area (Å²) < 4.78 is 7.06. The molecule has 0 aliphatic carbocycles. The van der Waals surface area contributed by atoms with Crippen LogP contribution >= 0.6 is 0 Å². The van der Waals surface area contributed by atoms with E-state index >= 15 is 0 Å². The normalized spacial score (nSPS) is 12.3. The van der Waals surface area contributed by atoms with E-state index < -0.39 is 0 Å². The maximum absolute atomic E-state index is 12.5. The number of carbonyl (C=O) groups excluding carboxylic acids is 1. The number of fused-ring (bicyclic) bond motifs is 1. The lowest BCUT2D eigenvalue weighted by atomic mass is 10.0. The van der Waals surface area contributed by atoms with Crippen LogP contribution in [-0.4, -0.2) is 27.6 Å². The zero-order chi connectivity index (χ0) is 17.8. The van der Waals surface area contributed by atoms with Gasteiger partial charge >= 0.3 is 0 Å². The molecule has 6 nitrogen and oxygen atoms in total. The number of benzene rings is 1. The summed E-state index contributed by atoms with van der Waals surface area (Å²) in [6.45, 7) is 4.12. The van der Waals surface area contributed by atoms with Crippen molar-refractivity contribution in [3.05, 3.63) is 60.0 Å². The first-order valence-electron chi connectivity index (χ1n) is 8.30. The van der Waals surface area contributed by atoms with Crippen molar-refractivity contribution in [2.75, 3.05) is 7.11 Å². The molecule has 1 amide bonds. The highest BCUT2D eigenvalue weighted by Gasteiger charge is 2.23. The van der Waals surface area contributed by atoms with Crippen LogP contribution in [0.2, 0.25) is 0 Å². The highest BCUT2D eigenvalue weighted by Crippen LogP contribution is 2.21. The molecule has 1 N–H and O–H groups in total. The lowest BCUT2D eigenvalue weighted by Crippen LogP contribution is -2.34. The van der Waals surface area contributed by atoms with Crippen molar-refractivity contribution < 1.29 is 9.53 Å². The van der Waals surface area contributed by atoms with Gasteiger partial charge in [0.05, 0.1) is 19.6 Å². The number of nitrogens with zero attached hydrogens (tertiary/aromatic N) is 3.